The van der Waals surface area contributed by atoms with Gasteiger partial charge in [-0.1, -0.05) is 54.6 Å². The number of fused-ring (bicyclic) bond motifs is 6. The van der Waals surface area contributed by atoms with E-state index in [-0.39, 0.29) is 5.41 Å². The van der Waals surface area contributed by atoms with E-state index in [4.69, 9.17) is 0 Å². The van der Waals surface area contributed by atoms with E-state index in [9.17, 15) is 4.79 Å². The van der Waals surface area contributed by atoms with Crippen molar-refractivity contribution in [2.24, 2.45) is 11.8 Å². The van der Waals surface area contributed by atoms with Gasteiger partial charge in [-0.05, 0) is 76.8 Å². The van der Waals surface area contributed by atoms with Gasteiger partial charge in [-0.25, -0.2) is 0 Å². The Bertz CT molecular complexity index is 1110. The van der Waals surface area contributed by atoms with Crippen molar-refractivity contribution in [3.63, 3.8) is 0 Å². The number of carbonyl (C=O) groups excluding carboxylic acids is 1. The normalized spacial score (nSPS) is 28.2. The molecule has 27 heavy (non-hydrogen) atoms. The molecule has 0 aliphatic heterocycles. The second-order valence-electron chi connectivity index (χ2n) is 8.60. The second-order valence-corrected chi connectivity index (χ2v) is 8.60. The van der Waals surface area contributed by atoms with Crippen LogP contribution in [0.2, 0.25) is 0 Å². The molecule has 0 aromatic heterocycles. The molecule has 1 nitrogen and oxygen atoms in total. The summed E-state index contributed by atoms with van der Waals surface area (Å²) in [5, 5.41) is 2.44. The minimum absolute atomic E-state index is 0.194. The molecule has 3 aromatic carbocycles. The van der Waals surface area contributed by atoms with Crippen LogP contribution in [-0.4, -0.2) is 5.78 Å². The van der Waals surface area contributed by atoms with Crippen molar-refractivity contribution in [2.45, 2.75) is 31.1 Å². The van der Waals surface area contributed by atoms with E-state index in [2.05, 4.69) is 72.8 Å². The summed E-state index contributed by atoms with van der Waals surface area (Å²) in [6.07, 6.45) is 9.05. The van der Waals surface area contributed by atoms with Crippen molar-refractivity contribution in [3.05, 3.63) is 83.9 Å². The maximum atomic E-state index is 12.7. The van der Waals surface area contributed by atoms with Crippen LogP contribution in [0.25, 0.3) is 21.9 Å². The molecular formula is C26H22O. The van der Waals surface area contributed by atoms with Crippen LogP contribution in [0, 0.1) is 11.8 Å². The number of allylic oxidation sites excluding steroid dienone is 2. The minimum atomic E-state index is 0.194. The zero-order valence-electron chi connectivity index (χ0n) is 15.3. The minimum Gasteiger partial charge on any atom is -0.294 e. The molecule has 0 radical (unpaired) electrons. The monoisotopic (exact) mass is 350 g/mol. The molecule has 1 spiro atoms. The summed E-state index contributed by atoms with van der Waals surface area (Å²) in [7, 11) is 0. The standard InChI is InChI=1S/C26H22O/c27-25-10-11-26(16-17-6-9-22(26)12-17)24-15-21-13-19(18-4-2-1-3-5-18)7-8-20(21)14-23(24)25/h1-9,13-15,17,22H,10-12,16H2. The van der Waals surface area contributed by atoms with Gasteiger partial charge in [0, 0.05) is 17.4 Å². The molecule has 132 valence electrons. The number of hydrogen-bond acceptors (Lipinski definition) is 1. The van der Waals surface area contributed by atoms with Crippen LogP contribution in [0.5, 0.6) is 0 Å². The summed E-state index contributed by atoms with van der Waals surface area (Å²) in [4.78, 5) is 12.7. The number of benzene rings is 3. The molecule has 3 aliphatic rings. The molecule has 3 unspecified atom stereocenters. The fourth-order valence-corrected chi connectivity index (χ4v) is 5.91. The quantitative estimate of drug-likeness (QED) is 0.470. The molecule has 3 aliphatic carbocycles. The molecule has 2 bridgehead atoms. The topological polar surface area (TPSA) is 17.1 Å². The van der Waals surface area contributed by atoms with Crippen LogP contribution in [0.3, 0.4) is 0 Å². The number of carbonyl (C=O) groups is 1. The van der Waals surface area contributed by atoms with Crippen LogP contribution in [0.1, 0.15) is 41.6 Å². The Morgan fingerprint density at radius 1 is 0.852 bits per heavy atom. The summed E-state index contributed by atoms with van der Waals surface area (Å²) < 4.78 is 0. The van der Waals surface area contributed by atoms with Crippen LogP contribution in [-0.2, 0) is 5.41 Å². The lowest BCUT2D eigenvalue weighted by Gasteiger charge is -2.40. The van der Waals surface area contributed by atoms with E-state index >= 15 is 0 Å². The first-order valence-electron chi connectivity index (χ1n) is 10.1. The van der Waals surface area contributed by atoms with Gasteiger partial charge in [0.1, 0.15) is 0 Å². The van der Waals surface area contributed by atoms with Crippen LogP contribution in [0.15, 0.2) is 72.8 Å². The van der Waals surface area contributed by atoms with Gasteiger partial charge in [0.15, 0.2) is 5.78 Å². The zero-order valence-corrected chi connectivity index (χ0v) is 15.3. The molecule has 3 atom stereocenters. The average molecular weight is 350 g/mol. The maximum absolute atomic E-state index is 12.7. The van der Waals surface area contributed by atoms with E-state index in [1.165, 1.54) is 40.3 Å². The van der Waals surface area contributed by atoms with Crippen molar-refractivity contribution >= 4 is 16.6 Å². The van der Waals surface area contributed by atoms with E-state index in [0.717, 1.165) is 12.0 Å². The number of rotatable bonds is 1. The van der Waals surface area contributed by atoms with Crippen molar-refractivity contribution in [3.8, 4) is 11.1 Å². The van der Waals surface area contributed by atoms with Crippen molar-refractivity contribution in [2.75, 3.05) is 0 Å². The van der Waals surface area contributed by atoms with Crippen molar-refractivity contribution in [1.82, 2.24) is 0 Å². The first-order chi connectivity index (χ1) is 13.2. The van der Waals surface area contributed by atoms with Gasteiger partial charge in [-0.3, -0.25) is 4.79 Å². The number of hydrogen-bond donors (Lipinski definition) is 0. The van der Waals surface area contributed by atoms with Crippen LogP contribution < -0.4 is 0 Å². The first kappa shape index (κ1) is 15.4. The highest BCUT2D eigenvalue weighted by molar-refractivity contribution is 6.03. The van der Waals surface area contributed by atoms with E-state index in [1.54, 1.807) is 0 Å². The Morgan fingerprint density at radius 3 is 2.52 bits per heavy atom. The summed E-state index contributed by atoms with van der Waals surface area (Å²) in [5.41, 5.74) is 4.99. The largest absolute Gasteiger partial charge is 0.294 e. The average Bonchev–Trinajstić information content (AvgIpc) is 3.32. The molecule has 3 aromatic rings. The Morgan fingerprint density at radius 2 is 1.74 bits per heavy atom. The Labute approximate surface area is 159 Å². The molecule has 1 heteroatoms. The predicted molar refractivity (Wildman–Crippen MR) is 110 cm³/mol. The molecule has 0 N–H and O–H groups in total. The van der Waals surface area contributed by atoms with Gasteiger partial charge in [0.05, 0.1) is 0 Å². The molecule has 0 heterocycles. The van der Waals surface area contributed by atoms with Gasteiger partial charge in [0.25, 0.3) is 0 Å². The molecule has 1 fully saturated rings. The number of Topliss-reactive ketones (excluding diaryl/α,β-unsaturated/α-hetero) is 1. The van der Waals surface area contributed by atoms with Gasteiger partial charge in [-0.15, -0.1) is 0 Å². The molecular weight excluding hydrogens is 328 g/mol. The summed E-state index contributed by atoms with van der Waals surface area (Å²) >= 11 is 0. The fraction of sp³-hybridized carbons (Fsp3) is 0.269. The van der Waals surface area contributed by atoms with E-state index in [1.807, 2.05) is 0 Å². The summed E-state index contributed by atoms with van der Waals surface area (Å²) in [6.45, 7) is 0. The predicted octanol–water partition coefficient (Wildman–Crippen LogP) is 6.32. The van der Waals surface area contributed by atoms with Gasteiger partial charge >= 0.3 is 0 Å². The highest BCUT2D eigenvalue weighted by Gasteiger charge is 2.52. The Hall–Kier alpha value is -2.67. The number of ketones is 1. The zero-order chi connectivity index (χ0) is 18.0. The lowest BCUT2D eigenvalue weighted by atomic mass is 9.62. The Kier molecular flexibility index (Phi) is 3.09. The van der Waals surface area contributed by atoms with Crippen molar-refractivity contribution < 1.29 is 4.79 Å². The van der Waals surface area contributed by atoms with Crippen LogP contribution >= 0.6 is 0 Å². The smallest absolute Gasteiger partial charge is 0.163 e. The van der Waals surface area contributed by atoms with Crippen LogP contribution in [0.4, 0.5) is 0 Å². The third-order valence-electron chi connectivity index (χ3n) is 7.23. The molecule has 1 saturated carbocycles. The fourth-order valence-electron chi connectivity index (χ4n) is 5.91. The molecule has 0 saturated heterocycles. The first-order valence-corrected chi connectivity index (χ1v) is 10.1. The maximum Gasteiger partial charge on any atom is 0.163 e. The summed E-state index contributed by atoms with van der Waals surface area (Å²) in [5.74, 6) is 1.66. The lowest BCUT2D eigenvalue weighted by Crippen LogP contribution is -2.36. The Balaban J connectivity index is 1.56. The van der Waals surface area contributed by atoms with Gasteiger partial charge in [0.2, 0.25) is 0 Å². The lowest BCUT2D eigenvalue weighted by molar-refractivity contribution is 0.0944. The van der Waals surface area contributed by atoms with E-state index < -0.39 is 0 Å². The summed E-state index contributed by atoms with van der Waals surface area (Å²) in [6, 6.07) is 21.7. The van der Waals surface area contributed by atoms with E-state index in [0.29, 0.717) is 24.0 Å². The highest BCUT2D eigenvalue weighted by atomic mass is 16.1. The SMILES string of the molecule is O=C1CCC2(CC3C=CC2C3)c2cc3cc(-c4ccccc4)ccc3cc21. The van der Waals surface area contributed by atoms with Gasteiger partial charge in [-0.2, -0.15) is 0 Å². The van der Waals surface area contributed by atoms with Gasteiger partial charge < -0.3 is 0 Å². The molecule has 0 amide bonds. The third-order valence-corrected chi connectivity index (χ3v) is 7.23. The van der Waals surface area contributed by atoms with Crippen molar-refractivity contribution in [1.29, 1.82) is 0 Å². The molecule has 6 rings (SSSR count). The second kappa shape index (κ2) is 5.42. The third kappa shape index (κ3) is 2.15. The highest BCUT2D eigenvalue weighted by Crippen LogP contribution is 2.58.